The SMILES string of the molecule is COc1ncc(-c2ccc(CN/C=C(/N)ON)cc2)c(C)n1. The molecule has 0 aliphatic heterocycles. The molecule has 2 aromatic rings. The van der Waals surface area contributed by atoms with Gasteiger partial charge >= 0.3 is 6.01 Å². The van der Waals surface area contributed by atoms with Crippen LogP contribution in [0.2, 0.25) is 0 Å². The Balaban J connectivity index is 2.09. The highest BCUT2D eigenvalue weighted by Crippen LogP contribution is 2.23. The summed E-state index contributed by atoms with van der Waals surface area (Å²) in [4.78, 5) is 12.8. The number of benzene rings is 1. The van der Waals surface area contributed by atoms with E-state index in [1.807, 2.05) is 31.2 Å². The summed E-state index contributed by atoms with van der Waals surface area (Å²) in [6, 6.07) is 8.43. The van der Waals surface area contributed by atoms with Gasteiger partial charge in [0.25, 0.3) is 0 Å². The molecule has 0 aliphatic carbocycles. The molecule has 0 radical (unpaired) electrons. The predicted molar refractivity (Wildman–Crippen MR) is 83.1 cm³/mol. The van der Waals surface area contributed by atoms with Crippen molar-refractivity contribution >= 4 is 0 Å². The maximum absolute atomic E-state index is 5.40. The van der Waals surface area contributed by atoms with Crippen LogP contribution >= 0.6 is 0 Å². The minimum atomic E-state index is 0.127. The van der Waals surface area contributed by atoms with Crippen LogP contribution in [-0.2, 0) is 11.4 Å². The van der Waals surface area contributed by atoms with Crippen molar-refractivity contribution < 1.29 is 9.57 Å². The Labute approximate surface area is 128 Å². The quantitative estimate of drug-likeness (QED) is 0.543. The lowest BCUT2D eigenvalue weighted by Crippen LogP contribution is -2.13. The molecule has 0 amide bonds. The second-order valence-electron chi connectivity index (χ2n) is 4.60. The average Bonchev–Trinajstić information content (AvgIpc) is 2.55. The van der Waals surface area contributed by atoms with Gasteiger partial charge in [0, 0.05) is 18.3 Å². The van der Waals surface area contributed by atoms with Crippen LogP contribution in [0.25, 0.3) is 11.1 Å². The highest BCUT2D eigenvalue weighted by molar-refractivity contribution is 5.65. The Morgan fingerprint density at radius 3 is 2.64 bits per heavy atom. The molecule has 0 saturated carbocycles. The van der Waals surface area contributed by atoms with Crippen LogP contribution in [0.5, 0.6) is 6.01 Å². The zero-order valence-corrected chi connectivity index (χ0v) is 12.5. The summed E-state index contributed by atoms with van der Waals surface area (Å²) >= 11 is 0. The minimum absolute atomic E-state index is 0.127. The number of methoxy groups -OCH3 is 1. The van der Waals surface area contributed by atoms with E-state index in [1.54, 1.807) is 13.3 Å². The smallest absolute Gasteiger partial charge is 0.316 e. The minimum Gasteiger partial charge on any atom is -0.467 e. The van der Waals surface area contributed by atoms with Crippen LogP contribution in [0, 0.1) is 6.92 Å². The van der Waals surface area contributed by atoms with Crippen molar-refractivity contribution in [2.24, 2.45) is 11.6 Å². The molecule has 2 rings (SSSR count). The summed E-state index contributed by atoms with van der Waals surface area (Å²) < 4.78 is 5.01. The van der Waals surface area contributed by atoms with Gasteiger partial charge < -0.3 is 20.6 Å². The monoisotopic (exact) mass is 301 g/mol. The second-order valence-corrected chi connectivity index (χ2v) is 4.60. The van der Waals surface area contributed by atoms with Crippen molar-refractivity contribution in [3.63, 3.8) is 0 Å². The lowest BCUT2D eigenvalue weighted by Gasteiger charge is -2.08. The molecule has 1 aromatic heterocycles. The molecular formula is C15H19N5O2. The predicted octanol–water partition coefficient (Wildman–Crippen LogP) is 1.20. The number of nitrogens with zero attached hydrogens (tertiary/aromatic N) is 2. The molecule has 22 heavy (non-hydrogen) atoms. The molecule has 5 N–H and O–H groups in total. The van der Waals surface area contributed by atoms with Crippen molar-refractivity contribution in [3.8, 4) is 17.1 Å². The van der Waals surface area contributed by atoms with Gasteiger partial charge in [-0.2, -0.15) is 10.9 Å². The van der Waals surface area contributed by atoms with E-state index < -0.39 is 0 Å². The van der Waals surface area contributed by atoms with E-state index in [-0.39, 0.29) is 5.88 Å². The molecule has 7 heteroatoms. The average molecular weight is 301 g/mol. The topological polar surface area (TPSA) is 108 Å². The molecule has 0 fully saturated rings. The lowest BCUT2D eigenvalue weighted by molar-refractivity contribution is 0.215. The summed E-state index contributed by atoms with van der Waals surface area (Å²) in [6.07, 6.45) is 3.27. The van der Waals surface area contributed by atoms with E-state index in [9.17, 15) is 0 Å². The summed E-state index contributed by atoms with van der Waals surface area (Å²) in [5, 5.41) is 3.00. The van der Waals surface area contributed by atoms with Crippen LogP contribution in [-0.4, -0.2) is 17.1 Å². The van der Waals surface area contributed by atoms with Gasteiger partial charge in [-0.05, 0) is 18.1 Å². The first-order valence-electron chi connectivity index (χ1n) is 6.66. The fraction of sp³-hybridized carbons (Fsp3) is 0.200. The van der Waals surface area contributed by atoms with Gasteiger partial charge in [0.2, 0.25) is 5.88 Å². The maximum Gasteiger partial charge on any atom is 0.316 e. The lowest BCUT2D eigenvalue weighted by atomic mass is 10.0. The Morgan fingerprint density at radius 1 is 1.32 bits per heavy atom. The number of rotatable bonds is 6. The van der Waals surface area contributed by atoms with Crippen LogP contribution in [0.1, 0.15) is 11.3 Å². The Hall–Kier alpha value is -2.80. The third-order valence-corrected chi connectivity index (χ3v) is 3.09. The fourth-order valence-electron chi connectivity index (χ4n) is 1.93. The summed E-state index contributed by atoms with van der Waals surface area (Å²) in [6.45, 7) is 2.54. The summed E-state index contributed by atoms with van der Waals surface area (Å²) in [5.41, 5.74) is 9.39. The first-order valence-corrected chi connectivity index (χ1v) is 6.66. The number of nitrogens with two attached hydrogens (primary N) is 2. The Kier molecular flexibility index (Phi) is 5.16. The zero-order chi connectivity index (χ0) is 15.9. The Morgan fingerprint density at radius 2 is 2.05 bits per heavy atom. The van der Waals surface area contributed by atoms with Gasteiger partial charge in [0.15, 0.2) is 0 Å². The largest absolute Gasteiger partial charge is 0.467 e. The van der Waals surface area contributed by atoms with Gasteiger partial charge in [0.05, 0.1) is 19.0 Å². The molecule has 1 heterocycles. The van der Waals surface area contributed by atoms with Gasteiger partial charge in [-0.1, -0.05) is 24.3 Å². The van der Waals surface area contributed by atoms with Crippen molar-refractivity contribution in [1.82, 2.24) is 15.3 Å². The van der Waals surface area contributed by atoms with E-state index in [2.05, 4.69) is 20.1 Å². The first-order chi connectivity index (χ1) is 10.6. The number of hydrogen-bond acceptors (Lipinski definition) is 7. The number of ether oxygens (including phenoxy) is 1. The van der Waals surface area contributed by atoms with Crippen molar-refractivity contribution in [1.29, 1.82) is 0 Å². The van der Waals surface area contributed by atoms with Crippen molar-refractivity contribution in [2.45, 2.75) is 13.5 Å². The van der Waals surface area contributed by atoms with Gasteiger partial charge in [-0.3, -0.25) is 0 Å². The third kappa shape index (κ3) is 3.86. The molecule has 0 bridgehead atoms. The molecule has 0 unspecified atom stereocenters. The van der Waals surface area contributed by atoms with Gasteiger partial charge in [-0.25, -0.2) is 4.98 Å². The molecule has 7 nitrogen and oxygen atoms in total. The molecule has 0 aliphatic rings. The number of nitrogens with one attached hydrogen (secondary N) is 1. The molecule has 0 atom stereocenters. The van der Waals surface area contributed by atoms with E-state index in [0.29, 0.717) is 12.6 Å². The molecule has 1 aromatic carbocycles. The fourth-order valence-corrected chi connectivity index (χ4v) is 1.93. The van der Waals surface area contributed by atoms with Gasteiger partial charge in [0.1, 0.15) is 0 Å². The van der Waals surface area contributed by atoms with E-state index in [1.165, 1.54) is 6.20 Å². The first kappa shape index (κ1) is 15.6. The number of aromatic nitrogens is 2. The molecule has 0 spiro atoms. The highest BCUT2D eigenvalue weighted by Gasteiger charge is 2.06. The molecule has 0 saturated heterocycles. The second kappa shape index (κ2) is 7.28. The number of hydrogen-bond donors (Lipinski definition) is 3. The van der Waals surface area contributed by atoms with Gasteiger partial charge in [-0.15, -0.1) is 0 Å². The summed E-state index contributed by atoms with van der Waals surface area (Å²) in [7, 11) is 1.55. The number of aryl methyl sites for hydroxylation is 1. The standard InChI is InChI=1S/C15H19N5O2/c1-10-13(8-19-15(20-10)21-2)12-5-3-11(4-6-12)7-18-9-14(16)22-17/h3-6,8-9,18H,7,16-17H2,1-2H3/b14-9-. The zero-order valence-electron chi connectivity index (χ0n) is 12.5. The normalized spacial score (nSPS) is 11.1. The molecular weight excluding hydrogens is 282 g/mol. The highest BCUT2D eigenvalue weighted by atomic mass is 16.6. The van der Waals surface area contributed by atoms with Crippen LogP contribution < -0.4 is 21.7 Å². The van der Waals surface area contributed by atoms with Crippen LogP contribution in [0.3, 0.4) is 0 Å². The van der Waals surface area contributed by atoms with E-state index in [4.69, 9.17) is 16.4 Å². The van der Waals surface area contributed by atoms with E-state index in [0.717, 1.165) is 22.4 Å². The maximum atomic E-state index is 5.40. The van der Waals surface area contributed by atoms with Crippen molar-refractivity contribution in [3.05, 3.63) is 53.8 Å². The van der Waals surface area contributed by atoms with Crippen molar-refractivity contribution in [2.75, 3.05) is 7.11 Å². The van der Waals surface area contributed by atoms with E-state index >= 15 is 0 Å². The summed E-state index contributed by atoms with van der Waals surface area (Å²) in [5.74, 6) is 5.04. The Bertz CT molecular complexity index is 655. The third-order valence-electron chi connectivity index (χ3n) is 3.09. The molecule has 116 valence electrons. The van der Waals surface area contributed by atoms with Crippen LogP contribution in [0.4, 0.5) is 0 Å². The van der Waals surface area contributed by atoms with Crippen LogP contribution in [0.15, 0.2) is 42.5 Å².